The van der Waals surface area contributed by atoms with E-state index in [2.05, 4.69) is 10.4 Å². The van der Waals surface area contributed by atoms with E-state index in [9.17, 15) is 13.6 Å². The molecule has 4 aromatic rings. The molecule has 0 saturated heterocycles. The highest BCUT2D eigenvalue weighted by Gasteiger charge is 2.18. The maximum atomic E-state index is 13.3. The highest BCUT2D eigenvalue weighted by atomic mass is 19.1. The molecule has 1 N–H and O–H groups in total. The molecule has 0 spiro atoms. The summed E-state index contributed by atoms with van der Waals surface area (Å²) >= 11 is 0. The van der Waals surface area contributed by atoms with Crippen molar-refractivity contribution in [2.75, 3.05) is 5.32 Å². The number of anilines is 1. The predicted octanol–water partition coefficient (Wildman–Crippen LogP) is 5.38. The predicted molar refractivity (Wildman–Crippen MR) is 108 cm³/mol. The van der Waals surface area contributed by atoms with Crippen LogP contribution in [0.3, 0.4) is 0 Å². The largest absolute Gasteiger partial charge is 0.321 e. The molecule has 0 aliphatic rings. The van der Waals surface area contributed by atoms with Crippen LogP contribution in [-0.4, -0.2) is 15.7 Å². The Morgan fingerprint density at radius 3 is 2.21 bits per heavy atom. The van der Waals surface area contributed by atoms with Crippen molar-refractivity contribution in [3.63, 3.8) is 0 Å². The van der Waals surface area contributed by atoms with Crippen molar-refractivity contribution in [3.05, 3.63) is 102 Å². The Kier molecular flexibility index (Phi) is 4.91. The number of amides is 1. The summed E-state index contributed by atoms with van der Waals surface area (Å²) in [6, 6.07) is 20.7. The van der Waals surface area contributed by atoms with Crippen LogP contribution < -0.4 is 5.32 Å². The number of aryl methyl sites for hydroxylation is 1. The summed E-state index contributed by atoms with van der Waals surface area (Å²) in [5, 5.41) is 7.33. The van der Waals surface area contributed by atoms with E-state index >= 15 is 0 Å². The number of hydrogen-bond acceptors (Lipinski definition) is 2. The Bertz CT molecular complexity index is 1170. The van der Waals surface area contributed by atoms with Gasteiger partial charge in [-0.1, -0.05) is 12.1 Å². The quantitative estimate of drug-likeness (QED) is 0.509. The summed E-state index contributed by atoms with van der Waals surface area (Å²) in [5.74, 6) is -1.12. The van der Waals surface area contributed by atoms with Crippen LogP contribution in [0.4, 0.5) is 14.5 Å². The van der Waals surface area contributed by atoms with Crippen LogP contribution in [0.5, 0.6) is 0 Å². The van der Waals surface area contributed by atoms with Gasteiger partial charge in [-0.2, -0.15) is 5.10 Å². The van der Waals surface area contributed by atoms with Gasteiger partial charge in [-0.3, -0.25) is 4.79 Å². The molecule has 144 valence electrons. The Morgan fingerprint density at radius 1 is 0.897 bits per heavy atom. The summed E-state index contributed by atoms with van der Waals surface area (Å²) in [5.41, 5.74) is 3.74. The first-order chi connectivity index (χ1) is 14.0. The molecule has 0 aliphatic carbocycles. The van der Waals surface area contributed by atoms with Gasteiger partial charge in [0, 0.05) is 11.3 Å². The van der Waals surface area contributed by atoms with Crippen molar-refractivity contribution >= 4 is 11.6 Å². The van der Waals surface area contributed by atoms with Crippen LogP contribution in [0.2, 0.25) is 0 Å². The van der Waals surface area contributed by atoms with Crippen LogP contribution >= 0.6 is 0 Å². The van der Waals surface area contributed by atoms with Crippen molar-refractivity contribution < 1.29 is 13.6 Å². The van der Waals surface area contributed by atoms with Gasteiger partial charge in [0.05, 0.1) is 11.4 Å². The molecule has 6 heteroatoms. The molecule has 1 amide bonds. The van der Waals surface area contributed by atoms with Crippen LogP contribution in [-0.2, 0) is 0 Å². The average molecular weight is 389 g/mol. The monoisotopic (exact) mass is 389 g/mol. The van der Waals surface area contributed by atoms with Crippen molar-refractivity contribution in [3.8, 4) is 16.9 Å². The Labute approximate surface area is 166 Å². The Morgan fingerprint density at radius 2 is 1.55 bits per heavy atom. The third-order valence-corrected chi connectivity index (χ3v) is 4.43. The number of hydrogen-bond donors (Lipinski definition) is 1. The molecule has 1 aromatic heterocycles. The van der Waals surface area contributed by atoms with Crippen molar-refractivity contribution in [1.82, 2.24) is 9.78 Å². The van der Waals surface area contributed by atoms with Crippen LogP contribution in [0.25, 0.3) is 16.9 Å². The Hall–Kier alpha value is -3.80. The van der Waals surface area contributed by atoms with E-state index in [1.807, 2.05) is 31.2 Å². The lowest BCUT2D eigenvalue weighted by molar-refractivity contribution is 0.101. The first-order valence-corrected chi connectivity index (χ1v) is 8.99. The van der Waals surface area contributed by atoms with Crippen molar-refractivity contribution in [2.24, 2.45) is 0 Å². The molecule has 4 rings (SSSR count). The molecule has 0 bridgehead atoms. The summed E-state index contributed by atoms with van der Waals surface area (Å²) in [4.78, 5) is 13.0. The Balaban J connectivity index is 1.76. The number of rotatable bonds is 4. The first kappa shape index (κ1) is 18.6. The fraction of sp³-hybridized carbons (Fsp3) is 0.0435. The van der Waals surface area contributed by atoms with Crippen LogP contribution in [0, 0.1) is 18.6 Å². The second-order valence-electron chi connectivity index (χ2n) is 6.63. The topological polar surface area (TPSA) is 46.9 Å². The standard InChI is InChI=1S/C23H17F2N3O/c1-15-3-2-4-20(13-15)28-22(23(29)26-19-11-9-18(25)10-12-19)14-21(27-28)16-5-7-17(24)8-6-16/h2-14H,1H3,(H,26,29). The molecular formula is C23H17F2N3O. The zero-order valence-corrected chi connectivity index (χ0v) is 15.6. The SMILES string of the molecule is Cc1cccc(-n2nc(-c3ccc(F)cc3)cc2C(=O)Nc2ccc(F)cc2)c1. The normalized spacial score (nSPS) is 10.7. The number of carbonyl (C=O) groups excluding carboxylic acids is 1. The van der Waals surface area contributed by atoms with Gasteiger partial charge in [-0.05, 0) is 79.2 Å². The van der Waals surface area contributed by atoms with E-state index in [1.54, 1.807) is 22.9 Å². The van der Waals surface area contributed by atoms with E-state index in [0.29, 0.717) is 22.6 Å². The molecular weight excluding hydrogens is 372 g/mol. The maximum absolute atomic E-state index is 13.3. The van der Waals surface area contributed by atoms with Gasteiger partial charge in [-0.15, -0.1) is 0 Å². The zero-order chi connectivity index (χ0) is 20.4. The van der Waals surface area contributed by atoms with E-state index in [0.717, 1.165) is 11.3 Å². The average Bonchev–Trinajstić information content (AvgIpc) is 3.16. The minimum Gasteiger partial charge on any atom is -0.321 e. The number of nitrogens with zero attached hydrogens (tertiary/aromatic N) is 2. The number of benzene rings is 3. The summed E-state index contributed by atoms with van der Waals surface area (Å²) in [7, 11) is 0. The molecule has 29 heavy (non-hydrogen) atoms. The van der Waals surface area contributed by atoms with Gasteiger partial charge in [0.15, 0.2) is 0 Å². The molecule has 0 unspecified atom stereocenters. The molecule has 0 aliphatic heterocycles. The third-order valence-electron chi connectivity index (χ3n) is 4.43. The van der Waals surface area contributed by atoms with E-state index in [-0.39, 0.29) is 17.5 Å². The number of aromatic nitrogens is 2. The fourth-order valence-corrected chi connectivity index (χ4v) is 2.99. The molecule has 0 atom stereocenters. The summed E-state index contributed by atoms with van der Waals surface area (Å²) in [6.07, 6.45) is 0. The van der Waals surface area contributed by atoms with Crippen LogP contribution in [0.15, 0.2) is 78.9 Å². The number of halogens is 2. The second kappa shape index (κ2) is 7.67. The molecule has 0 radical (unpaired) electrons. The first-order valence-electron chi connectivity index (χ1n) is 8.99. The molecule has 1 heterocycles. The third kappa shape index (κ3) is 4.06. The van der Waals surface area contributed by atoms with Gasteiger partial charge in [0.2, 0.25) is 0 Å². The smallest absolute Gasteiger partial charge is 0.274 e. The summed E-state index contributed by atoms with van der Waals surface area (Å²) < 4.78 is 28.0. The highest BCUT2D eigenvalue weighted by molar-refractivity contribution is 6.04. The number of carbonyl (C=O) groups is 1. The minimum atomic E-state index is -0.390. The van der Waals surface area contributed by atoms with Crippen molar-refractivity contribution in [2.45, 2.75) is 6.92 Å². The molecule has 4 nitrogen and oxygen atoms in total. The zero-order valence-electron chi connectivity index (χ0n) is 15.6. The molecule has 3 aromatic carbocycles. The molecule has 0 saturated carbocycles. The van der Waals surface area contributed by atoms with Gasteiger partial charge in [0.25, 0.3) is 5.91 Å². The van der Waals surface area contributed by atoms with E-state index in [4.69, 9.17) is 0 Å². The second-order valence-corrected chi connectivity index (χ2v) is 6.63. The van der Waals surface area contributed by atoms with Crippen LogP contribution in [0.1, 0.15) is 16.1 Å². The fourth-order valence-electron chi connectivity index (χ4n) is 2.99. The molecule has 0 fully saturated rings. The summed E-state index contributed by atoms with van der Waals surface area (Å²) in [6.45, 7) is 1.95. The van der Waals surface area contributed by atoms with Gasteiger partial charge in [-0.25, -0.2) is 13.5 Å². The van der Waals surface area contributed by atoms with E-state index < -0.39 is 0 Å². The lowest BCUT2D eigenvalue weighted by Gasteiger charge is -2.09. The lowest BCUT2D eigenvalue weighted by Crippen LogP contribution is -2.17. The van der Waals surface area contributed by atoms with Gasteiger partial charge >= 0.3 is 0 Å². The van der Waals surface area contributed by atoms with Gasteiger partial charge < -0.3 is 5.32 Å². The maximum Gasteiger partial charge on any atom is 0.274 e. The van der Waals surface area contributed by atoms with E-state index in [1.165, 1.54) is 36.4 Å². The lowest BCUT2D eigenvalue weighted by atomic mass is 10.1. The van der Waals surface area contributed by atoms with Crippen molar-refractivity contribution in [1.29, 1.82) is 0 Å². The number of nitrogens with one attached hydrogen (secondary N) is 1. The highest BCUT2D eigenvalue weighted by Crippen LogP contribution is 2.23. The van der Waals surface area contributed by atoms with Gasteiger partial charge in [0.1, 0.15) is 17.3 Å². The minimum absolute atomic E-state index is 0.305.